The molecular weight excluding hydrogens is 386 g/mol. The zero-order valence-corrected chi connectivity index (χ0v) is 16.2. The number of carbonyl (C=O) groups excluding carboxylic acids is 2. The molecule has 0 unspecified atom stereocenters. The van der Waals surface area contributed by atoms with E-state index in [9.17, 15) is 18.4 Å². The molecule has 0 bridgehead atoms. The van der Waals surface area contributed by atoms with E-state index in [1.54, 1.807) is 29.2 Å². The summed E-state index contributed by atoms with van der Waals surface area (Å²) in [6.45, 7) is 0.646. The van der Waals surface area contributed by atoms with Gasteiger partial charge in [-0.15, -0.1) is 0 Å². The zero-order valence-electron chi connectivity index (χ0n) is 16.2. The van der Waals surface area contributed by atoms with Crippen LogP contribution < -0.4 is 10.2 Å². The Hall–Kier alpha value is -3.54. The molecule has 1 N–H and O–H groups in total. The van der Waals surface area contributed by atoms with E-state index >= 15 is 0 Å². The molecule has 0 saturated carbocycles. The minimum absolute atomic E-state index is 0.0195. The lowest BCUT2D eigenvalue weighted by atomic mass is 10.1. The van der Waals surface area contributed by atoms with Gasteiger partial charge in [0.2, 0.25) is 5.91 Å². The molecule has 6 heteroatoms. The second kappa shape index (κ2) is 8.45. The molecule has 3 aromatic rings. The summed E-state index contributed by atoms with van der Waals surface area (Å²) in [4.78, 5) is 26.7. The van der Waals surface area contributed by atoms with E-state index in [0.717, 1.165) is 35.9 Å². The topological polar surface area (TPSA) is 49.4 Å². The number of fused-ring (bicyclic) bond motifs is 1. The largest absolute Gasteiger partial charge is 0.326 e. The van der Waals surface area contributed by atoms with Gasteiger partial charge in [0, 0.05) is 29.9 Å². The number of anilines is 2. The van der Waals surface area contributed by atoms with Gasteiger partial charge in [-0.2, -0.15) is 0 Å². The molecule has 1 heterocycles. The van der Waals surface area contributed by atoms with E-state index < -0.39 is 11.6 Å². The van der Waals surface area contributed by atoms with Crippen LogP contribution in [0.4, 0.5) is 20.2 Å². The summed E-state index contributed by atoms with van der Waals surface area (Å²) in [5.41, 5.74) is 3.33. The number of aryl methyl sites for hydroxylation is 1. The van der Waals surface area contributed by atoms with Crippen LogP contribution in [0.25, 0.3) is 0 Å². The molecule has 0 spiro atoms. The van der Waals surface area contributed by atoms with Gasteiger partial charge in [0.25, 0.3) is 5.91 Å². The highest BCUT2D eigenvalue weighted by Crippen LogP contribution is 2.29. The third-order valence-corrected chi connectivity index (χ3v) is 5.18. The van der Waals surface area contributed by atoms with E-state index in [2.05, 4.69) is 5.32 Å². The molecule has 30 heavy (non-hydrogen) atoms. The van der Waals surface area contributed by atoms with Crippen molar-refractivity contribution in [1.29, 1.82) is 0 Å². The molecule has 1 aliphatic heterocycles. The zero-order chi connectivity index (χ0) is 21.1. The molecule has 0 aromatic heterocycles. The van der Waals surface area contributed by atoms with Gasteiger partial charge in [-0.3, -0.25) is 9.59 Å². The molecule has 1 aliphatic rings. The monoisotopic (exact) mass is 406 g/mol. The Morgan fingerprint density at radius 2 is 1.73 bits per heavy atom. The predicted octanol–water partition coefficient (Wildman–Crippen LogP) is 4.74. The predicted molar refractivity (Wildman–Crippen MR) is 112 cm³/mol. The summed E-state index contributed by atoms with van der Waals surface area (Å²) in [5.74, 6) is -1.46. The SMILES string of the molecule is O=C(CCc1cc(F)ccc1F)Nc1ccc(C(=O)N2CCc3ccccc32)cc1. The first-order valence-corrected chi connectivity index (χ1v) is 9.75. The fourth-order valence-electron chi connectivity index (χ4n) is 3.61. The van der Waals surface area contributed by atoms with E-state index in [0.29, 0.717) is 17.8 Å². The van der Waals surface area contributed by atoms with E-state index in [4.69, 9.17) is 0 Å². The quantitative estimate of drug-likeness (QED) is 0.665. The lowest BCUT2D eigenvalue weighted by Gasteiger charge is -2.17. The average molecular weight is 406 g/mol. The van der Waals surface area contributed by atoms with Crippen molar-refractivity contribution in [1.82, 2.24) is 0 Å². The highest BCUT2D eigenvalue weighted by atomic mass is 19.1. The molecular formula is C24H20F2N2O2. The first-order chi connectivity index (χ1) is 14.5. The van der Waals surface area contributed by atoms with Crippen LogP contribution in [0.15, 0.2) is 66.7 Å². The summed E-state index contributed by atoms with van der Waals surface area (Å²) in [6, 6.07) is 17.7. The summed E-state index contributed by atoms with van der Waals surface area (Å²) < 4.78 is 26.9. The second-order valence-corrected chi connectivity index (χ2v) is 7.20. The number of carbonyl (C=O) groups is 2. The van der Waals surface area contributed by atoms with Crippen molar-refractivity contribution >= 4 is 23.2 Å². The fourth-order valence-corrected chi connectivity index (χ4v) is 3.61. The standard InChI is InChI=1S/C24H20F2N2O2/c25-19-8-11-21(26)18(15-19)7-12-23(29)27-20-9-5-17(6-10-20)24(30)28-14-13-16-3-1-2-4-22(16)28/h1-6,8-11,15H,7,12-14H2,(H,27,29). The lowest BCUT2D eigenvalue weighted by Crippen LogP contribution is -2.28. The van der Waals surface area contributed by atoms with Crippen molar-refractivity contribution in [3.63, 3.8) is 0 Å². The van der Waals surface area contributed by atoms with Crippen molar-refractivity contribution in [3.8, 4) is 0 Å². The number of hydrogen-bond donors (Lipinski definition) is 1. The smallest absolute Gasteiger partial charge is 0.258 e. The first kappa shape index (κ1) is 19.8. The van der Waals surface area contributed by atoms with Gasteiger partial charge in [-0.25, -0.2) is 8.78 Å². The Morgan fingerprint density at radius 1 is 0.967 bits per heavy atom. The number of benzene rings is 3. The Labute approximate surface area is 173 Å². The van der Waals surface area contributed by atoms with Gasteiger partial charge in [-0.05, 0) is 72.5 Å². The number of halogens is 2. The van der Waals surface area contributed by atoms with Crippen LogP contribution in [0.5, 0.6) is 0 Å². The van der Waals surface area contributed by atoms with Crippen LogP contribution in [0.2, 0.25) is 0 Å². The van der Waals surface area contributed by atoms with Gasteiger partial charge < -0.3 is 10.2 Å². The summed E-state index contributed by atoms with van der Waals surface area (Å²) in [6.07, 6.45) is 0.952. The normalized spacial score (nSPS) is 12.5. The van der Waals surface area contributed by atoms with Crippen LogP contribution in [0, 0.1) is 11.6 Å². The Balaban J connectivity index is 1.36. The van der Waals surface area contributed by atoms with Gasteiger partial charge in [0.05, 0.1) is 0 Å². The average Bonchev–Trinajstić information content (AvgIpc) is 3.18. The number of para-hydroxylation sites is 1. The van der Waals surface area contributed by atoms with Crippen molar-refractivity contribution in [2.75, 3.05) is 16.8 Å². The van der Waals surface area contributed by atoms with Crippen molar-refractivity contribution in [2.45, 2.75) is 19.3 Å². The molecule has 4 nitrogen and oxygen atoms in total. The number of hydrogen-bond acceptors (Lipinski definition) is 2. The van der Waals surface area contributed by atoms with Gasteiger partial charge >= 0.3 is 0 Å². The molecule has 0 fully saturated rings. The maximum atomic E-state index is 13.7. The summed E-state index contributed by atoms with van der Waals surface area (Å²) >= 11 is 0. The summed E-state index contributed by atoms with van der Waals surface area (Å²) in [7, 11) is 0. The van der Waals surface area contributed by atoms with Crippen molar-refractivity contribution in [3.05, 3.63) is 95.1 Å². The Bertz CT molecular complexity index is 1100. The third-order valence-electron chi connectivity index (χ3n) is 5.18. The van der Waals surface area contributed by atoms with Crippen LogP contribution >= 0.6 is 0 Å². The molecule has 0 atom stereocenters. The molecule has 0 saturated heterocycles. The molecule has 3 aromatic carbocycles. The minimum Gasteiger partial charge on any atom is -0.326 e. The maximum absolute atomic E-state index is 13.7. The highest BCUT2D eigenvalue weighted by molar-refractivity contribution is 6.07. The van der Waals surface area contributed by atoms with Gasteiger partial charge in [0.15, 0.2) is 0 Å². The van der Waals surface area contributed by atoms with Crippen molar-refractivity contribution < 1.29 is 18.4 Å². The summed E-state index contributed by atoms with van der Waals surface area (Å²) in [5, 5.41) is 2.72. The highest BCUT2D eigenvalue weighted by Gasteiger charge is 2.25. The number of nitrogens with zero attached hydrogens (tertiary/aromatic N) is 1. The molecule has 0 radical (unpaired) electrons. The second-order valence-electron chi connectivity index (χ2n) is 7.20. The van der Waals surface area contributed by atoms with Crippen LogP contribution in [0.1, 0.15) is 27.9 Å². The van der Waals surface area contributed by atoms with E-state index in [-0.39, 0.29) is 30.2 Å². The Morgan fingerprint density at radius 3 is 2.53 bits per heavy atom. The number of rotatable bonds is 5. The number of nitrogens with one attached hydrogen (secondary N) is 1. The first-order valence-electron chi connectivity index (χ1n) is 9.75. The maximum Gasteiger partial charge on any atom is 0.258 e. The Kier molecular flexibility index (Phi) is 5.57. The lowest BCUT2D eigenvalue weighted by molar-refractivity contribution is -0.116. The molecule has 2 amide bonds. The van der Waals surface area contributed by atoms with Crippen LogP contribution in [-0.2, 0) is 17.6 Å². The third kappa shape index (κ3) is 4.22. The van der Waals surface area contributed by atoms with E-state index in [1.807, 2.05) is 24.3 Å². The molecule has 4 rings (SSSR count). The fraction of sp³-hybridized carbons (Fsp3) is 0.167. The molecule has 0 aliphatic carbocycles. The minimum atomic E-state index is -0.535. The van der Waals surface area contributed by atoms with E-state index in [1.165, 1.54) is 0 Å². The number of amides is 2. The van der Waals surface area contributed by atoms with Crippen LogP contribution in [-0.4, -0.2) is 18.4 Å². The van der Waals surface area contributed by atoms with Gasteiger partial charge in [-0.1, -0.05) is 18.2 Å². The van der Waals surface area contributed by atoms with Crippen LogP contribution in [0.3, 0.4) is 0 Å². The van der Waals surface area contributed by atoms with Crippen molar-refractivity contribution in [2.24, 2.45) is 0 Å². The van der Waals surface area contributed by atoms with Gasteiger partial charge in [0.1, 0.15) is 11.6 Å². The molecule has 152 valence electrons.